The van der Waals surface area contributed by atoms with Crippen molar-refractivity contribution in [2.24, 2.45) is 13.0 Å². The monoisotopic (exact) mass is 267 g/mol. The van der Waals surface area contributed by atoms with Crippen molar-refractivity contribution in [1.29, 1.82) is 0 Å². The number of rotatable bonds is 6. The average molecular weight is 267 g/mol. The molecule has 106 valence electrons. The number of nitrogens with zero attached hydrogens (tertiary/aromatic N) is 4. The zero-order chi connectivity index (χ0) is 13.7. The Morgan fingerprint density at radius 2 is 2.47 bits per heavy atom. The maximum absolute atomic E-state index is 10.5. The Bertz CT molecular complexity index is 420. The fourth-order valence-corrected chi connectivity index (χ4v) is 2.51. The summed E-state index contributed by atoms with van der Waals surface area (Å²) in [6, 6.07) is 0. The number of piperidine rings is 1. The number of aromatic nitrogens is 3. The van der Waals surface area contributed by atoms with Crippen LogP contribution in [0.15, 0.2) is 6.33 Å². The maximum Gasteiger partial charge on any atom is 0.317 e. The molecular weight excluding hydrogens is 246 g/mol. The van der Waals surface area contributed by atoms with Crippen LogP contribution >= 0.6 is 0 Å². The summed E-state index contributed by atoms with van der Waals surface area (Å²) in [6.45, 7) is 3.68. The highest BCUT2D eigenvalue weighted by Crippen LogP contribution is 2.17. The fraction of sp³-hybridized carbons (Fsp3) is 0.750. The first kappa shape index (κ1) is 14.0. The Morgan fingerprint density at radius 1 is 1.63 bits per heavy atom. The van der Waals surface area contributed by atoms with Gasteiger partial charge in [-0.3, -0.25) is 14.4 Å². The van der Waals surface area contributed by atoms with Crippen LogP contribution in [0.4, 0.5) is 0 Å². The van der Waals surface area contributed by atoms with Gasteiger partial charge in [0.15, 0.2) is 0 Å². The molecule has 19 heavy (non-hydrogen) atoms. The molecule has 1 aromatic heterocycles. The number of carboxylic acid groups (broad SMARTS) is 1. The lowest BCUT2D eigenvalue weighted by Gasteiger charge is -2.32. The smallest absolute Gasteiger partial charge is 0.317 e. The summed E-state index contributed by atoms with van der Waals surface area (Å²) in [7, 11) is 1.90. The van der Waals surface area contributed by atoms with Crippen LogP contribution in [0.5, 0.6) is 0 Å². The van der Waals surface area contributed by atoms with Crippen LogP contribution in [0.1, 0.15) is 18.7 Å². The van der Waals surface area contributed by atoms with E-state index in [4.69, 9.17) is 5.11 Å². The van der Waals surface area contributed by atoms with Crippen molar-refractivity contribution in [3.8, 4) is 0 Å². The van der Waals surface area contributed by atoms with E-state index in [1.807, 2.05) is 7.05 Å². The fourth-order valence-electron chi connectivity index (χ4n) is 2.51. The second kappa shape index (κ2) is 6.63. The number of hydrogen-bond donors (Lipinski definition) is 2. The molecule has 0 spiro atoms. The van der Waals surface area contributed by atoms with Crippen LogP contribution < -0.4 is 5.32 Å². The molecule has 0 aliphatic carbocycles. The second-order valence-corrected chi connectivity index (χ2v) is 5.07. The highest BCUT2D eigenvalue weighted by molar-refractivity contribution is 5.68. The van der Waals surface area contributed by atoms with Gasteiger partial charge >= 0.3 is 5.97 Å². The first-order valence-electron chi connectivity index (χ1n) is 6.63. The molecule has 1 aliphatic heterocycles. The summed E-state index contributed by atoms with van der Waals surface area (Å²) < 4.78 is 1.80. The SMILES string of the molecule is Cn1ncnc1CN1CCCC(CNCC(=O)O)C1. The molecule has 0 aromatic carbocycles. The van der Waals surface area contributed by atoms with Gasteiger partial charge < -0.3 is 10.4 Å². The highest BCUT2D eigenvalue weighted by atomic mass is 16.4. The number of carboxylic acids is 1. The number of carbonyl (C=O) groups is 1. The Hall–Kier alpha value is -1.47. The summed E-state index contributed by atoms with van der Waals surface area (Å²) in [5.41, 5.74) is 0. The van der Waals surface area contributed by atoms with Crippen molar-refractivity contribution < 1.29 is 9.90 Å². The van der Waals surface area contributed by atoms with Crippen molar-refractivity contribution in [1.82, 2.24) is 25.0 Å². The lowest BCUT2D eigenvalue weighted by atomic mass is 9.98. The van der Waals surface area contributed by atoms with Crippen LogP contribution in [-0.4, -0.2) is 56.9 Å². The van der Waals surface area contributed by atoms with E-state index in [0.717, 1.165) is 44.8 Å². The van der Waals surface area contributed by atoms with Gasteiger partial charge in [0.2, 0.25) is 0 Å². The van der Waals surface area contributed by atoms with E-state index >= 15 is 0 Å². The standard InChI is InChI=1S/C12H21N5O2/c1-16-11(14-9-15-16)8-17-4-2-3-10(7-17)5-13-6-12(18)19/h9-10,13H,2-8H2,1H3,(H,18,19). The molecule has 0 radical (unpaired) electrons. The van der Waals surface area contributed by atoms with E-state index in [0.29, 0.717) is 5.92 Å². The first-order valence-corrected chi connectivity index (χ1v) is 6.63. The molecule has 0 bridgehead atoms. The zero-order valence-corrected chi connectivity index (χ0v) is 11.2. The Kier molecular flexibility index (Phi) is 4.86. The van der Waals surface area contributed by atoms with Gasteiger partial charge in [0.05, 0.1) is 13.1 Å². The molecule has 1 aliphatic rings. The first-order chi connectivity index (χ1) is 9.15. The van der Waals surface area contributed by atoms with Crippen LogP contribution in [0, 0.1) is 5.92 Å². The molecule has 1 atom stereocenters. The van der Waals surface area contributed by atoms with Gasteiger partial charge in [-0.15, -0.1) is 0 Å². The van der Waals surface area contributed by atoms with Crippen LogP contribution in [0.25, 0.3) is 0 Å². The third kappa shape index (κ3) is 4.29. The molecule has 0 amide bonds. The molecule has 1 fully saturated rings. The summed E-state index contributed by atoms with van der Waals surface area (Å²) >= 11 is 0. The molecule has 2 heterocycles. The van der Waals surface area contributed by atoms with E-state index in [1.54, 1.807) is 11.0 Å². The van der Waals surface area contributed by atoms with Crippen molar-refractivity contribution in [2.75, 3.05) is 26.2 Å². The predicted octanol–water partition coefficient (Wildman–Crippen LogP) is -0.299. The quantitative estimate of drug-likeness (QED) is 0.736. The van der Waals surface area contributed by atoms with Crippen LogP contribution in [0.2, 0.25) is 0 Å². The van der Waals surface area contributed by atoms with Gasteiger partial charge in [-0.05, 0) is 31.8 Å². The topological polar surface area (TPSA) is 83.3 Å². The van der Waals surface area contributed by atoms with E-state index < -0.39 is 5.97 Å². The van der Waals surface area contributed by atoms with Crippen molar-refractivity contribution in [3.63, 3.8) is 0 Å². The molecule has 1 unspecified atom stereocenters. The number of aryl methyl sites for hydroxylation is 1. The van der Waals surface area contributed by atoms with Gasteiger partial charge in [-0.25, -0.2) is 4.98 Å². The number of aliphatic carboxylic acids is 1. The minimum absolute atomic E-state index is 0.0415. The molecule has 7 heteroatoms. The third-order valence-electron chi connectivity index (χ3n) is 3.48. The van der Waals surface area contributed by atoms with Crippen molar-refractivity contribution in [2.45, 2.75) is 19.4 Å². The van der Waals surface area contributed by atoms with Crippen LogP contribution in [0.3, 0.4) is 0 Å². The second-order valence-electron chi connectivity index (χ2n) is 5.07. The average Bonchev–Trinajstić information content (AvgIpc) is 2.75. The van der Waals surface area contributed by atoms with E-state index in [-0.39, 0.29) is 6.54 Å². The number of likely N-dealkylation sites (tertiary alicyclic amines) is 1. The minimum atomic E-state index is -0.799. The van der Waals surface area contributed by atoms with Gasteiger partial charge in [-0.1, -0.05) is 0 Å². The van der Waals surface area contributed by atoms with Crippen molar-refractivity contribution in [3.05, 3.63) is 12.2 Å². The molecular formula is C12H21N5O2. The summed E-state index contributed by atoms with van der Waals surface area (Å²) in [5.74, 6) is 0.687. The van der Waals surface area contributed by atoms with Crippen LogP contribution in [-0.2, 0) is 18.4 Å². The third-order valence-corrected chi connectivity index (χ3v) is 3.48. The predicted molar refractivity (Wildman–Crippen MR) is 69.5 cm³/mol. The zero-order valence-electron chi connectivity index (χ0n) is 11.2. The lowest BCUT2D eigenvalue weighted by molar-refractivity contribution is -0.136. The largest absolute Gasteiger partial charge is 0.480 e. The Balaban J connectivity index is 1.77. The summed E-state index contributed by atoms with van der Waals surface area (Å²) in [4.78, 5) is 17.1. The molecule has 1 saturated heterocycles. The summed E-state index contributed by atoms with van der Waals surface area (Å²) in [5, 5.41) is 15.7. The number of hydrogen-bond acceptors (Lipinski definition) is 5. The Labute approximate surface area is 112 Å². The molecule has 0 saturated carbocycles. The minimum Gasteiger partial charge on any atom is -0.480 e. The lowest BCUT2D eigenvalue weighted by Crippen LogP contribution is -2.40. The number of nitrogens with one attached hydrogen (secondary N) is 1. The van der Waals surface area contributed by atoms with Crippen molar-refractivity contribution >= 4 is 5.97 Å². The molecule has 1 aromatic rings. The van der Waals surface area contributed by atoms with Gasteiger partial charge in [0, 0.05) is 13.6 Å². The highest BCUT2D eigenvalue weighted by Gasteiger charge is 2.20. The summed E-state index contributed by atoms with van der Waals surface area (Å²) in [6.07, 6.45) is 3.88. The van der Waals surface area contributed by atoms with E-state index in [1.165, 1.54) is 0 Å². The molecule has 7 nitrogen and oxygen atoms in total. The van der Waals surface area contributed by atoms with E-state index in [2.05, 4.69) is 20.3 Å². The molecule has 2 rings (SSSR count). The maximum atomic E-state index is 10.5. The van der Waals surface area contributed by atoms with Gasteiger partial charge in [0.25, 0.3) is 0 Å². The van der Waals surface area contributed by atoms with Gasteiger partial charge in [0.1, 0.15) is 12.2 Å². The van der Waals surface area contributed by atoms with Gasteiger partial charge in [-0.2, -0.15) is 5.10 Å². The molecule has 2 N–H and O–H groups in total. The Morgan fingerprint density at radius 3 is 3.16 bits per heavy atom. The normalized spacial score (nSPS) is 20.6. The van der Waals surface area contributed by atoms with E-state index in [9.17, 15) is 4.79 Å².